The molecule has 1 aliphatic carbocycles. The Labute approximate surface area is 157 Å². The highest BCUT2D eigenvalue weighted by Crippen LogP contribution is 2.38. The molecule has 1 aromatic carbocycles. The van der Waals surface area contributed by atoms with Crippen LogP contribution in [0.2, 0.25) is 0 Å². The van der Waals surface area contributed by atoms with E-state index >= 15 is 0 Å². The zero-order valence-corrected chi connectivity index (χ0v) is 15.1. The van der Waals surface area contributed by atoms with Crippen LogP contribution >= 0.6 is 0 Å². The number of aliphatic hydroxyl groups is 2. The molecule has 0 bridgehead atoms. The second-order valence-corrected chi connectivity index (χ2v) is 7.14. The Balaban J connectivity index is 1.68. The van der Waals surface area contributed by atoms with E-state index in [-0.39, 0.29) is 31.6 Å². The number of halogens is 1. The number of hydrogen-bond acceptors (Lipinski definition) is 5. The van der Waals surface area contributed by atoms with Crippen LogP contribution in [0.25, 0.3) is 0 Å². The number of amides is 1. The Morgan fingerprint density at radius 2 is 1.96 bits per heavy atom. The Morgan fingerprint density at radius 1 is 1.26 bits per heavy atom. The number of carbonyl (C=O) groups excluding carboxylic acids is 1. The van der Waals surface area contributed by atoms with Gasteiger partial charge in [-0.1, -0.05) is 12.1 Å². The van der Waals surface area contributed by atoms with Crippen LogP contribution in [0.15, 0.2) is 42.5 Å². The maximum Gasteiger partial charge on any atom is 0.251 e. The summed E-state index contributed by atoms with van der Waals surface area (Å²) in [5.41, 5.74) is 0.380. The van der Waals surface area contributed by atoms with Gasteiger partial charge in [-0.25, -0.2) is 9.37 Å². The van der Waals surface area contributed by atoms with E-state index in [0.717, 1.165) is 11.8 Å². The molecule has 0 radical (unpaired) electrons. The smallest absolute Gasteiger partial charge is 0.251 e. The number of carbonyl (C=O) groups is 1. The molecule has 1 unspecified atom stereocenters. The molecular weight excluding hydrogens is 351 g/mol. The Morgan fingerprint density at radius 3 is 2.63 bits per heavy atom. The fourth-order valence-corrected chi connectivity index (χ4v) is 3.38. The third kappa shape index (κ3) is 4.81. The standard InChI is InChI=1S/C20H23FN2O4/c1-13-4-2-7-18(23-13)27-12-20(9-16(24)17(25)10-20)11-22-19(26)14-5-3-6-15(21)8-14/h2-8,16-17,24-25H,9-12H2,1H3,(H,22,26)/t16-,17+,20?. The van der Waals surface area contributed by atoms with Crippen LogP contribution in [0, 0.1) is 18.2 Å². The quantitative estimate of drug-likeness (QED) is 0.718. The largest absolute Gasteiger partial charge is 0.477 e. The summed E-state index contributed by atoms with van der Waals surface area (Å²) in [5.74, 6) is -0.460. The molecule has 1 aliphatic rings. The lowest BCUT2D eigenvalue weighted by Crippen LogP contribution is -2.40. The van der Waals surface area contributed by atoms with Crippen LogP contribution in [0.3, 0.4) is 0 Å². The number of benzene rings is 1. The van der Waals surface area contributed by atoms with Gasteiger partial charge in [0.15, 0.2) is 0 Å². The van der Waals surface area contributed by atoms with Crippen molar-refractivity contribution in [1.29, 1.82) is 0 Å². The van der Waals surface area contributed by atoms with E-state index in [0.29, 0.717) is 5.88 Å². The number of pyridine rings is 1. The minimum Gasteiger partial charge on any atom is -0.477 e. The van der Waals surface area contributed by atoms with E-state index in [9.17, 15) is 19.4 Å². The summed E-state index contributed by atoms with van der Waals surface area (Å²) >= 11 is 0. The van der Waals surface area contributed by atoms with Crippen molar-refractivity contribution in [1.82, 2.24) is 10.3 Å². The lowest BCUT2D eigenvalue weighted by molar-refractivity contribution is 0.0438. The summed E-state index contributed by atoms with van der Waals surface area (Å²) in [5, 5.41) is 22.8. The fraction of sp³-hybridized carbons (Fsp3) is 0.400. The zero-order chi connectivity index (χ0) is 19.4. The maximum atomic E-state index is 13.3. The number of aliphatic hydroxyl groups excluding tert-OH is 2. The van der Waals surface area contributed by atoms with Crippen molar-refractivity contribution in [2.24, 2.45) is 5.41 Å². The van der Waals surface area contributed by atoms with Gasteiger partial charge >= 0.3 is 0 Å². The molecular formula is C20H23FN2O4. The average Bonchev–Trinajstić information content (AvgIpc) is 2.93. The van der Waals surface area contributed by atoms with Crippen molar-refractivity contribution in [2.45, 2.75) is 32.0 Å². The highest BCUT2D eigenvalue weighted by molar-refractivity contribution is 5.94. The number of rotatable bonds is 6. The number of nitrogens with zero attached hydrogens (tertiary/aromatic N) is 1. The molecule has 0 saturated heterocycles. The summed E-state index contributed by atoms with van der Waals surface area (Å²) in [6, 6.07) is 10.8. The summed E-state index contributed by atoms with van der Waals surface area (Å²) in [6.45, 7) is 2.22. The van der Waals surface area contributed by atoms with E-state index in [1.165, 1.54) is 18.2 Å². The minimum absolute atomic E-state index is 0.182. The van der Waals surface area contributed by atoms with Crippen molar-refractivity contribution in [3.05, 3.63) is 59.5 Å². The summed E-state index contributed by atoms with van der Waals surface area (Å²) < 4.78 is 19.1. The van der Waals surface area contributed by atoms with Crippen LogP contribution in [0.1, 0.15) is 28.9 Å². The molecule has 0 aliphatic heterocycles. The first-order chi connectivity index (χ1) is 12.9. The second kappa shape index (κ2) is 8.02. The fourth-order valence-electron chi connectivity index (χ4n) is 3.38. The highest BCUT2D eigenvalue weighted by Gasteiger charge is 2.45. The molecule has 3 N–H and O–H groups in total. The Bertz CT molecular complexity index is 804. The predicted molar refractivity (Wildman–Crippen MR) is 96.9 cm³/mol. The van der Waals surface area contributed by atoms with Gasteiger partial charge in [-0.2, -0.15) is 0 Å². The third-order valence-corrected chi connectivity index (χ3v) is 4.83. The van der Waals surface area contributed by atoms with Gasteiger partial charge in [0.25, 0.3) is 5.91 Å². The van der Waals surface area contributed by atoms with Crippen LogP contribution < -0.4 is 10.1 Å². The average molecular weight is 374 g/mol. The third-order valence-electron chi connectivity index (χ3n) is 4.83. The maximum absolute atomic E-state index is 13.3. The van der Waals surface area contributed by atoms with Crippen molar-refractivity contribution in [3.8, 4) is 5.88 Å². The first-order valence-electron chi connectivity index (χ1n) is 8.83. The first kappa shape index (κ1) is 19.3. The van der Waals surface area contributed by atoms with E-state index < -0.39 is 29.3 Å². The van der Waals surface area contributed by atoms with E-state index in [1.807, 2.05) is 19.1 Å². The van der Waals surface area contributed by atoms with Gasteiger partial charge in [0.1, 0.15) is 5.82 Å². The number of ether oxygens (including phenoxy) is 1. The molecule has 3 atom stereocenters. The van der Waals surface area contributed by atoms with E-state index in [4.69, 9.17) is 4.74 Å². The van der Waals surface area contributed by atoms with Gasteiger partial charge in [0.05, 0.1) is 18.8 Å². The topological polar surface area (TPSA) is 91.7 Å². The van der Waals surface area contributed by atoms with E-state index in [1.54, 1.807) is 6.07 Å². The van der Waals surface area contributed by atoms with Crippen LogP contribution in [-0.2, 0) is 0 Å². The molecule has 6 nitrogen and oxygen atoms in total. The molecule has 0 spiro atoms. The van der Waals surface area contributed by atoms with Crippen molar-refractivity contribution in [3.63, 3.8) is 0 Å². The Kier molecular flexibility index (Phi) is 5.72. The number of aromatic nitrogens is 1. The zero-order valence-electron chi connectivity index (χ0n) is 15.1. The normalized spacial score (nSPS) is 24.6. The molecule has 1 heterocycles. The molecule has 144 valence electrons. The summed E-state index contributed by atoms with van der Waals surface area (Å²) in [4.78, 5) is 16.6. The molecule has 1 amide bonds. The SMILES string of the molecule is Cc1cccc(OCC2(CNC(=O)c3cccc(F)c3)C[C@@H](O)[C@@H](O)C2)n1. The van der Waals surface area contributed by atoms with Crippen molar-refractivity contribution < 1.29 is 24.1 Å². The van der Waals surface area contributed by atoms with Gasteiger partial charge in [-0.15, -0.1) is 0 Å². The Hall–Kier alpha value is -2.51. The molecule has 1 aromatic heterocycles. The van der Waals surface area contributed by atoms with Crippen LogP contribution in [0.5, 0.6) is 5.88 Å². The number of aryl methyl sites for hydroxylation is 1. The number of nitrogens with one attached hydrogen (secondary N) is 1. The number of hydrogen-bond donors (Lipinski definition) is 3. The first-order valence-corrected chi connectivity index (χ1v) is 8.83. The molecule has 3 rings (SSSR count). The molecule has 1 saturated carbocycles. The van der Waals surface area contributed by atoms with Gasteiger partial charge in [-0.05, 0) is 44.0 Å². The molecule has 7 heteroatoms. The lowest BCUT2D eigenvalue weighted by atomic mass is 9.86. The molecule has 2 aromatic rings. The van der Waals surface area contributed by atoms with Crippen molar-refractivity contribution >= 4 is 5.91 Å². The minimum atomic E-state index is -0.884. The summed E-state index contributed by atoms with van der Waals surface area (Å²) in [7, 11) is 0. The van der Waals surface area contributed by atoms with Gasteiger partial charge in [0, 0.05) is 29.3 Å². The molecule has 1 fully saturated rings. The van der Waals surface area contributed by atoms with E-state index in [2.05, 4.69) is 10.3 Å². The second-order valence-electron chi connectivity index (χ2n) is 7.14. The van der Waals surface area contributed by atoms with Crippen LogP contribution in [0.4, 0.5) is 4.39 Å². The summed E-state index contributed by atoms with van der Waals surface area (Å²) in [6.07, 6.45) is -1.21. The van der Waals surface area contributed by atoms with Crippen molar-refractivity contribution in [2.75, 3.05) is 13.2 Å². The predicted octanol–water partition coefficient (Wildman–Crippen LogP) is 1.84. The van der Waals surface area contributed by atoms with Gasteiger partial charge in [0.2, 0.25) is 5.88 Å². The van der Waals surface area contributed by atoms with Gasteiger partial charge < -0.3 is 20.3 Å². The van der Waals surface area contributed by atoms with Crippen LogP contribution in [-0.4, -0.2) is 46.5 Å². The highest BCUT2D eigenvalue weighted by atomic mass is 19.1. The monoisotopic (exact) mass is 374 g/mol. The molecule has 27 heavy (non-hydrogen) atoms. The van der Waals surface area contributed by atoms with Gasteiger partial charge in [-0.3, -0.25) is 4.79 Å². The lowest BCUT2D eigenvalue weighted by Gasteiger charge is -2.29.